The third-order valence-corrected chi connectivity index (χ3v) is 16.4. The van der Waals surface area contributed by atoms with E-state index in [1.54, 1.807) is 21.8 Å². The molecule has 0 bridgehead atoms. The van der Waals surface area contributed by atoms with Gasteiger partial charge in [0.25, 0.3) is 11.8 Å². The molecule has 1 N–H and O–H groups in total. The van der Waals surface area contributed by atoms with Crippen LogP contribution in [0.5, 0.6) is 11.5 Å². The van der Waals surface area contributed by atoms with Crippen LogP contribution in [0.4, 0.5) is 22.7 Å². The molecule has 8 rings (SSSR count). The van der Waals surface area contributed by atoms with Crippen molar-refractivity contribution in [3.8, 4) is 11.5 Å². The number of rotatable bonds is 11. The van der Waals surface area contributed by atoms with Crippen molar-refractivity contribution >= 4 is 53.7 Å². The summed E-state index contributed by atoms with van der Waals surface area (Å²) >= 11 is 0. The Morgan fingerprint density at radius 3 is 2.25 bits per heavy atom. The zero-order valence-corrected chi connectivity index (χ0v) is 33.6. The number of hydrogen-bond donors (Lipinski definition) is 1. The maximum absolute atomic E-state index is 15.5. The Kier molecular flexibility index (Phi) is 10.2. The van der Waals surface area contributed by atoms with Crippen molar-refractivity contribution in [1.82, 2.24) is 4.90 Å². The summed E-state index contributed by atoms with van der Waals surface area (Å²) in [7, 11) is -0.964. The summed E-state index contributed by atoms with van der Waals surface area (Å²) in [5.41, 5.74) is 2.44. The smallest absolute Gasteiger partial charge is 0.269 e. The second kappa shape index (κ2) is 15.3. The van der Waals surface area contributed by atoms with Crippen molar-refractivity contribution in [1.29, 1.82) is 0 Å². The molecule has 1 fully saturated rings. The monoisotopic (exact) mass is 781 g/mol. The van der Waals surface area contributed by atoms with E-state index in [1.165, 1.54) is 0 Å². The Hall–Kier alpha value is -5.75. The van der Waals surface area contributed by atoms with Gasteiger partial charge >= 0.3 is 0 Å². The molecule has 57 heavy (non-hydrogen) atoms. The number of carbonyl (C=O) groups excluding carboxylic acids is 3. The third-order valence-electron chi connectivity index (χ3n) is 12.0. The molecule has 3 aliphatic rings. The van der Waals surface area contributed by atoms with Crippen LogP contribution in [-0.2, 0) is 31.3 Å². The number of methoxy groups -OCH3 is 1. The highest BCUT2D eigenvalue weighted by Gasteiger charge is 2.67. The number of anilines is 4. The van der Waals surface area contributed by atoms with Gasteiger partial charge in [-0.3, -0.25) is 24.2 Å². The Labute approximate surface area is 334 Å². The lowest BCUT2D eigenvalue weighted by Gasteiger charge is -2.37. The Morgan fingerprint density at radius 1 is 0.860 bits per heavy atom. The first-order valence-electron chi connectivity index (χ1n) is 19.4. The Morgan fingerprint density at radius 2 is 1.54 bits per heavy atom. The first kappa shape index (κ1) is 38.1. The van der Waals surface area contributed by atoms with E-state index in [1.807, 2.05) is 115 Å². The number of amides is 3. The van der Waals surface area contributed by atoms with Crippen LogP contribution in [-0.4, -0.2) is 68.8 Å². The number of aliphatic hydroxyl groups is 1. The second-order valence-electron chi connectivity index (χ2n) is 15.5. The molecule has 4 atom stereocenters. The molecule has 292 valence electrons. The van der Waals surface area contributed by atoms with Gasteiger partial charge < -0.3 is 24.2 Å². The quantitative estimate of drug-likeness (QED) is 0.143. The van der Waals surface area contributed by atoms with Crippen molar-refractivity contribution in [3.63, 3.8) is 0 Å². The number of fused-ring (bicyclic) bond motifs is 3. The molecular weight excluding hydrogens is 735 g/mol. The summed E-state index contributed by atoms with van der Waals surface area (Å²) in [5.74, 6) is 0.299. The molecule has 3 heterocycles. The Bertz CT molecular complexity index is 2290. The predicted octanol–water partition coefficient (Wildman–Crippen LogP) is 7.06. The van der Waals surface area contributed by atoms with Crippen LogP contribution in [0, 0.1) is 5.92 Å². The normalized spacial score (nSPS) is 21.3. The van der Waals surface area contributed by atoms with Crippen LogP contribution < -0.4 is 24.5 Å². The fourth-order valence-electron chi connectivity index (χ4n) is 9.30. The largest absolute Gasteiger partial charge is 0.497 e. The standard InChI is InChI=1S/C46H47N3O7Si/c1-31-44(57(3,4)36-22-20-35(54-2)21-23-36)41(28-42(51)47(25-26-50)29-32-13-7-5-8-14-32)56-46(31)37-27-34(48-39-17-11-12-18-40(39)55-30-43(48)52)19-24-38(37)49(45(46)53)33-15-9-6-10-16-33/h5-24,27,31,41,44,50H,25-26,28-30H2,1-4H3/t31-,41+,44-,46+/m0/s1. The van der Waals surface area contributed by atoms with Gasteiger partial charge in [-0.15, -0.1) is 0 Å². The number of para-hydroxylation sites is 3. The molecule has 0 aliphatic carbocycles. The molecule has 11 heteroatoms. The Balaban J connectivity index is 1.27. The van der Waals surface area contributed by atoms with Gasteiger partial charge in [0.2, 0.25) is 5.91 Å². The lowest BCUT2D eigenvalue weighted by molar-refractivity contribution is -0.149. The zero-order valence-electron chi connectivity index (χ0n) is 32.6. The highest BCUT2D eigenvalue weighted by Crippen LogP contribution is 2.61. The molecular formula is C46H47N3O7Si. The minimum atomic E-state index is -2.60. The number of aliphatic hydroxyl groups excluding tert-OH is 1. The van der Waals surface area contributed by atoms with Crippen molar-refractivity contribution in [3.05, 3.63) is 139 Å². The van der Waals surface area contributed by atoms with Gasteiger partial charge in [-0.2, -0.15) is 0 Å². The fraction of sp³-hybridized carbons (Fsp3) is 0.283. The summed E-state index contributed by atoms with van der Waals surface area (Å²) in [6.07, 6.45) is -0.644. The van der Waals surface area contributed by atoms with E-state index in [0.717, 1.165) is 16.5 Å². The first-order valence-corrected chi connectivity index (χ1v) is 22.5. The van der Waals surface area contributed by atoms with Crippen LogP contribution in [0.25, 0.3) is 0 Å². The van der Waals surface area contributed by atoms with Gasteiger partial charge in [0.05, 0.1) is 45.7 Å². The summed E-state index contributed by atoms with van der Waals surface area (Å²) in [6.45, 7) is 6.82. The summed E-state index contributed by atoms with van der Waals surface area (Å²) in [4.78, 5) is 48.7. The molecule has 10 nitrogen and oxygen atoms in total. The fourth-order valence-corrected chi connectivity index (χ4v) is 13.3. The molecule has 1 saturated heterocycles. The van der Waals surface area contributed by atoms with Gasteiger partial charge in [0.15, 0.2) is 12.2 Å². The number of hydrogen-bond acceptors (Lipinski definition) is 7. The van der Waals surface area contributed by atoms with E-state index in [4.69, 9.17) is 14.2 Å². The third kappa shape index (κ3) is 6.59. The van der Waals surface area contributed by atoms with E-state index < -0.39 is 25.7 Å². The average Bonchev–Trinajstić information content (AvgIpc) is 3.67. The lowest BCUT2D eigenvalue weighted by atomic mass is 9.82. The van der Waals surface area contributed by atoms with Crippen LogP contribution in [0.2, 0.25) is 18.6 Å². The first-order chi connectivity index (χ1) is 27.6. The van der Waals surface area contributed by atoms with E-state index in [0.29, 0.717) is 40.6 Å². The molecule has 5 aromatic carbocycles. The highest BCUT2D eigenvalue weighted by atomic mass is 28.3. The lowest BCUT2D eigenvalue weighted by Crippen LogP contribution is -2.52. The maximum Gasteiger partial charge on any atom is 0.269 e. The summed E-state index contributed by atoms with van der Waals surface area (Å²) in [6, 6.07) is 40.4. The highest BCUT2D eigenvalue weighted by molar-refractivity contribution is 6.91. The van der Waals surface area contributed by atoms with Crippen LogP contribution in [0.3, 0.4) is 0 Å². The van der Waals surface area contributed by atoms with E-state index in [-0.39, 0.29) is 49.4 Å². The number of nitrogens with zero attached hydrogens (tertiary/aromatic N) is 3. The van der Waals surface area contributed by atoms with Crippen molar-refractivity contribution in [2.45, 2.75) is 50.2 Å². The van der Waals surface area contributed by atoms with Gasteiger partial charge in [0, 0.05) is 35.9 Å². The topological polar surface area (TPSA) is 109 Å². The van der Waals surface area contributed by atoms with Gasteiger partial charge in [-0.1, -0.05) is 98.0 Å². The molecule has 3 amide bonds. The number of carbonyl (C=O) groups is 3. The maximum atomic E-state index is 15.5. The second-order valence-corrected chi connectivity index (χ2v) is 20.2. The molecule has 3 aliphatic heterocycles. The van der Waals surface area contributed by atoms with Crippen LogP contribution in [0.15, 0.2) is 127 Å². The van der Waals surface area contributed by atoms with Crippen molar-refractivity contribution < 1.29 is 33.7 Å². The van der Waals surface area contributed by atoms with E-state index in [9.17, 15) is 14.7 Å². The summed E-state index contributed by atoms with van der Waals surface area (Å²) in [5, 5.41) is 11.2. The predicted molar refractivity (Wildman–Crippen MR) is 222 cm³/mol. The van der Waals surface area contributed by atoms with E-state index >= 15 is 4.79 Å². The molecule has 0 unspecified atom stereocenters. The van der Waals surface area contributed by atoms with Crippen molar-refractivity contribution in [2.75, 3.05) is 36.7 Å². The molecule has 1 spiro atoms. The molecule has 0 radical (unpaired) electrons. The number of ether oxygens (including phenoxy) is 3. The molecule has 5 aromatic rings. The SMILES string of the molecule is COc1ccc([Si](C)(C)[C@@H]2[C@@H](CC(=O)N(CCO)Cc3ccccc3)O[C@]3(C(=O)N(c4ccccc4)c4ccc(N5C(=O)COc6ccccc65)cc43)[C@H]2C)cc1. The van der Waals surface area contributed by atoms with E-state index in [2.05, 4.69) is 32.2 Å². The average molecular weight is 782 g/mol. The van der Waals surface area contributed by atoms with Gasteiger partial charge in [-0.25, -0.2) is 0 Å². The van der Waals surface area contributed by atoms with Gasteiger partial charge in [0.1, 0.15) is 11.5 Å². The van der Waals surface area contributed by atoms with Crippen molar-refractivity contribution in [2.24, 2.45) is 5.92 Å². The van der Waals surface area contributed by atoms with Gasteiger partial charge in [-0.05, 0) is 65.7 Å². The van der Waals surface area contributed by atoms with Crippen LogP contribution >= 0.6 is 0 Å². The molecule has 0 aromatic heterocycles. The number of benzene rings is 5. The minimum Gasteiger partial charge on any atom is -0.497 e. The minimum absolute atomic E-state index is 0.0130. The zero-order chi connectivity index (χ0) is 39.9. The van der Waals surface area contributed by atoms with Crippen LogP contribution in [0.1, 0.15) is 24.5 Å². The summed E-state index contributed by atoms with van der Waals surface area (Å²) < 4.78 is 18.6. The molecule has 0 saturated carbocycles.